The molecule has 0 unspecified atom stereocenters. The molecule has 4 heteroatoms. The van der Waals surface area contributed by atoms with Crippen molar-refractivity contribution in [3.05, 3.63) is 22.4 Å². The number of hydrogen-bond donors (Lipinski definition) is 0. The van der Waals surface area contributed by atoms with Crippen LogP contribution in [0.3, 0.4) is 0 Å². The number of thiophene rings is 1. The van der Waals surface area contributed by atoms with Crippen LogP contribution in [0.2, 0.25) is 0 Å². The lowest BCUT2D eigenvalue weighted by Crippen LogP contribution is -2.38. The van der Waals surface area contributed by atoms with E-state index >= 15 is 0 Å². The van der Waals surface area contributed by atoms with Gasteiger partial charge in [-0.1, -0.05) is 6.07 Å². The van der Waals surface area contributed by atoms with Crippen molar-refractivity contribution >= 4 is 28.8 Å². The van der Waals surface area contributed by atoms with Crippen LogP contribution in [0.5, 0.6) is 0 Å². The minimum atomic E-state index is 0.319. The lowest BCUT2D eigenvalue weighted by atomic mass is 9.98. The van der Waals surface area contributed by atoms with Crippen LogP contribution in [0.4, 0.5) is 0 Å². The number of alkyl halides is 1. The van der Waals surface area contributed by atoms with Gasteiger partial charge in [-0.15, -0.1) is 22.9 Å². The summed E-state index contributed by atoms with van der Waals surface area (Å²) in [5.74, 6) is 1.67. The van der Waals surface area contributed by atoms with Crippen LogP contribution in [-0.2, 0) is 11.2 Å². The fraction of sp³-hybridized carbons (Fsp3) is 0.643. The molecular weight excluding hydrogens is 266 g/mol. The molecule has 100 valence electrons. The Morgan fingerprint density at radius 2 is 2.22 bits per heavy atom. The Labute approximate surface area is 118 Å². The van der Waals surface area contributed by atoms with Gasteiger partial charge in [-0.05, 0) is 43.0 Å². The SMILES string of the molecule is O=C(CCCc1cccs1)N1CCC(CCl)CC1. The average molecular weight is 286 g/mol. The molecule has 1 aliphatic heterocycles. The van der Waals surface area contributed by atoms with E-state index in [1.165, 1.54) is 4.88 Å². The number of likely N-dealkylation sites (tertiary alicyclic amines) is 1. The summed E-state index contributed by atoms with van der Waals surface area (Å²) in [5.41, 5.74) is 0. The summed E-state index contributed by atoms with van der Waals surface area (Å²) >= 11 is 7.62. The molecule has 2 heterocycles. The minimum absolute atomic E-state index is 0.319. The van der Waals surface area contributed by atoms with E-state index in [-0.39, 0.29) is 0 Å². The summed E-state index contributed by atoms with van der Waals surface area (Å²) in [7, 11) is 0. The third-order valence-corrected chi connectivity index (χ3v) is 4.95. The zero-order valence-corrected chi connectivity index (χ0v) is 12.2. The molecule has 0 atom stereocenters. The predicted octanol–water partition coefficient (Wildman–Crippen LogP) is 3.55. The van der Waals surface area contributed by atoms with Gasteiger partial charge < -0.3 is 4.90 Å². The van der Waals surface area contributed by atoms with E-state index < -0.39 is 0 Å². The van der Waals surface area contributed by atoms with Crippen molar-refractivity contribution in [2.45, 2.75) is 32.1 Å². The number of rotatable bonds is 5. The van der Waals surface area contributed by atoms with Crippen molar-refractivity contribution in [1.29, 1.82) is 0 Å². The first-order valence-corrected chi connectivity index (χ1v) is 8.07. The summed E-state index contributed by atoms with van der Waals surface area (Å²) in [6.45, 7) is 1.80. The van der Waals surface area contributed by atoms with Gasteiger partial charge in [-0.3, -0.25) is 4.79 Å². The zero-order chi connectivity index (χ0) is 12.8. The third kappa shape index (κ3) is 3.99. The summed E-state index contributed by atoms with van der Waals surface area (Å²) in [6, 6.07) is 4.21. The molecular formula is C14H20ClNOS. The Balaban J connectivity index is 1.66. The highest BCUT2D eigenvalue weighted by atomic mass is 35.5. The molecule has 0 radical (unpaired) electrons. The van der Waals surface area contributed by atoms with Gasteiger partial charge in [0.1, 0.15) is 0 Å². The number of aryl methyl sites for hydroxylation is 1. The Morgan fingerprint density at radius 3 is 2.83 bits per heavy atom. The smallest absolute Gasteiger partial charge is 0.222 e. The maximum Gasteiger partial charge on any atom is 0.222 e. The molecule has 2 nitrogen and oxygen atoms in total. The van der Waals surface area contributed by atoms with E-state index in [1.54, 1.807) is 11.3 Å². The van der Waals surface area contributed by atoms with E-state index in [0.29, 0.717) is 18.2 Å². The van der Waals surface area contributed by atoms with E-state index in [2.05, 4.69) is 17.5 Å². The fourth-order valence-electron chi connectivity index (χ4n) is 2.36. The molecule has 0 aromatic carbocycles. The topological polar surface area (TPSA) is 20.3 Å². The van der Waals surface area contributed by atoms with Crippen LogP contribution in [0.15, 0.2) is 17.5 Å². The number of piperidine rings is 1. The molecule has 0 bridgehead atoms. The zero-order valence-electron chi connectivity index (χ0n) is 10.6. The lowest BCUT2D eigenvalue weighted by Gasteiger charge is -2.31. The van der Waals surface area contributed by atoms with Crippen LogP contribution < -0.4 is 0 Å². The first kappa shape index (κ1) is 13.9. The normalized spacial score (nSPS) is 17.1. The number of carbonyl (C=O) groups is 1. The molecule has 1 aliphatic rings. The molecule has 1 amide bonds. The Morgan fingerprint density at radius 1 is 1.44 bits per heavy atom. The maximum atomic E-state index is 12.0. The van der Waals surface area contributed by atoms with Crippen LogP contribution in [0, 0.1) is 5.92 Å². The van der Waals surface area contributed by atoms with E-state index in [9.17, 15) is 4.79 Å². The van der Waals surface area contributed by atoms with Gasteiger partial charge >= 0.3 is 0 Å². The number of carbonyl (C=O) groups excluding carboxylic acids is 1. The molecule has 0 aliphatic carbocycles. The van der Waals surface area contributed by atoms with Gasteiger partial charge in [0.05, 0.1) is 0 Å². The second-order valence-corrected chi connectivity index (χ2v) is 6.25. The highest BCUT2D eigenvalue weighted by molar-refractivity contribution is 7.09. The standard InChI is InChI=1S/C14H20ClNOS/c15-11-12-6-8-16(9-7-12)14(17)5-1-3-13-4-2-10-18-13/h2,4,10,12H,1,3,5-9,11H2. The summed E-state index contributed by atoms with van der Waals surface area (Å²) in [5, 5.41) is 2.09. The highest BCUT2D eigenvalue weighted by Gasteiger charge is 2.21. The summed E-state index contributed by atoms with van der Waals surface area (Å²) in [6.07, 6.45) is 4.82. The van der Waals surface area contributed by atoms with E-state index in [1.807, 2.05) is 4.90 Å². The van der Waals surface area contributed by atoms with Gasteiger partial charge in [-0.25, -0.2) is 0 Å². The monoisotopic (exact) mass is 285 g/mol. The van der Waals surface area contributed by atoms with Crippen molar-refractivity contribution in [3.8, 4) is 0 Å². The molecule has 0 saturated carbocycles. The second kappa shape index (κ2) is 7.15. The number of hydrogen-bond acceptors (Lipinski definition) is 2. The number of halogens is 1. The molecule has 1 fully saturated rings. The molecule has 0 spiro atoms. The third-order valence-electron chi connectivity index (χ3n) is 3.58. The maximum absolute atomic E-state index is 12.0. The fourth-order valence-corrected chi connectivity index (χ4v) is 3.42. The predicted molar refractivity (Wildman–Crippen MR) is 77.3 cm³/mol. The van der Waals surface area contributed by atoms with Crippen LogP contribution in [0.1, 0.15) is 30.6 Å². The van der Waals surface area contributed by atoms with E-state index in [4.69, 9.17) is 11.6 Å². The van der Waals surface area contributed by atoms with Crippen molar-refractivity contribution in [3.63, 3.8) is 0 Å². The summed E-state index contributed by atoms with van der Waals surface area (Å²) < 4.78 is 0. The lowest BCUT2D eigenvalue weighted by molar-refractivity contribution is -0.132. The minimum Gasteiger partial charge on any atom is -0.343 e. The van der Waals surface area contributed by atoms with Gasteiger partial charge in [-0.2, -0.15) is 0 Å². The van der Waals surface area contributed by atoms with E-state index in [0.717, 1.165) is 44.7 Å². The average Bonchev–Trinajstić information content (AvgIpc) is 2.92. The van der Waals surface area contributed by atoms with Crippen LogP contribution in [-0.4, -0.2) is 29.8 Å². The second-order valence-electron chi connectivity index (χ2n) is 4.91. The molecule has 1 saturated heterocycles. The van der Waals surface area contributed by atoms with Gasteiger partial charge in [0.15, 0.2) is 0 Å². The first-order chi connectivity index (χ1) is 8.79. The largest absolute Gasteiger partial charge is 0.343 e. The Bertz CT molecular complexity index is 358. The van der Waals surface area contributed by atoms with Gasteiger partial charge in [0, 0.05) is 30.3 Å². The highest BCUT2D eigenvalue weighted by Crippen LogP contribution is 2.19. The summed E-state index contributed by atoms with van der Waals surface area (Å²) in [4.78, 5) is 15.4. The number of nitrogens with zero attached hydrogens (tertiary/aromatic N) is 1. The van der Waals surface area contributed by atoms with Gasteiger partial charge in [0.25, 0.3) is 0 Å². The Hall–Kier alpha value is -0.540. The first-order valence-electron chi connectivity index (χ1n) is 6.65. The molecule has 1 aromatic heterocycles. The quantitative estimate of drug-likeness (QED) is 0.758. The van der Waals surface area contributed by atoms with Crippen molar-refractivity contribution in [1.82, 2.24) is 4.90 Å². The van der Waals surface area contributed by atoms with Gasteiger partial charge in [0.2, 0.25) is 5.91 Å². The molecule has 0 N–H and O–H groups in total. The van der Waals surface area contributed by atoms with Crippen molar-refractivity contribution in [2.24, 2.45) is 5.92 Å². The van der Waals surface area contributed by atoms with Crippen LogP contribution >= 0.6 is 22.9 Å². The molecule has 1 aromatic rings. The van der Waals surface area contributed by atoms with Crippen molar-refractivity contribution < 1.29 is 4.79 Å². The Kier molecular flexibility index (Phi) is 5.51. The molecule has 2 rings (SSSR count). The van der Waals surface area contributed by atoms with Crippen molar-refractivity contribution in [2.75, 3.05) is 19.0 Å². The molecule has 18 heavy (non-hydrogen) atoms. The van der Waals surface area contributed by atoms with Crippen LogP contribution in [0.25, 0.3) is 0 Å². The number of amides is 1.